The highest BCUT2D eigenvalue weighted by molar-refractivity contribution is 6.18. The van der Waals surface area contributed by atoms with Crippen LogP contribution in [-0.2, 0) is 4.74 Å². The molecule has 0 heterocycles. The van der Waals surface area contributed by atoms with Crippen LogP contribution in [0.2, 0.25) is 0 Å². The third kappa shape index (κ3) is 7.99. The summed E-state index contributed by atoms with van der Waals surface area (Å²) in [5.74, 6) is 0.351. The second kappa shape index (κ2) is 9.74. The van der Waals surface area contributed by atoms with Crippen molar-refractivity contribution < 1.29 is 14.9 Å². The first-order valence-corrected chi connectivity index (χ1v) is 4.61. The number of aliphatic hydroxyl groups excluding tert-OH is 2. The minimum absolute atomic E-state index is 0.00624. The van der Waals surface area contributed by atoms with Gasteiger partial charge in [0.15, 0.2) is 0 Å². The number of allylic oxidation sites excluding steroid dienone is 2. The Morgan fingerprint density at radius 1 is 1.31 bits per heavy atom. The second-order valence-corrected chi connectivity index (χ2v) is 2.59. The van der Waals surface area contributed by atoms with Crippen molar-refractivity contribution in [3.8, 4) is 0 Å². The first-order chi connectivity index (χ1) is 6.35. The first kappa shape index (κ1) is 12.7. The summed E-state index contributed by atoms with van der Waals surface area (Å²) in [6, 6.07) is 0. The number of aliphatic hydroxyl groups is 2. The van der Waals surface area contributed by atoms with Gasteiger partial charge >= 0.3 is 0 Å². The van der Waals surface area contributed by atoms with Gasteiger partial charge in [-0.05, 0) is 0 Å². The normalized spacial score (nSPS) is 14.4. The molecule has 0 aromatic rings. The summed E-state index contributed by atoms with van der Waals surface area (Å²) in [6.07, 6.45) is 6.66. The molecule has 0 spiro atoms. The molecule has 0 amide bonds. The van der Waals surface area contributed by atoms with Gasteiger partial charge < -0.3 is 14.9 Å². The minimum Gasteiger partial charge on any atom is -0.394 e. The fourth-order valence-electron chi connectivity index (χ4n) is 0.683. The van der Waals surface area contributed by atoms with Crippen molar-refractivity contribution in [1.82, 2.24) is 0 Å². The van der Waals surface area contributed by atoms with Gasteiger partial charge in [0.25, 0.3) is 0 Å². The van der Waals surface area contributed by atoms with Crippen LogP contribution in [0.15, 0.2) is 24.3 Å². The molecule has 2 N–H and O–H groups in total. The predicted molar refractivity (Wildman–Crippen MR) is 52.9 cm³/mol. The average Bonchev–Trinajstić information content (AvgIpc) is 2.17. The summed E-state index contributed by atoms with van der Waals surface area (Å²) < 4.78 is 5.16. The van der Waals surface area contributed by atoms with Crippen molar-refractivity contribution in [2.45, 2.75) is 6.10 Å². The SMILES string of the molecule is OC/C=C/C=C/[C@@H](CCl)OCCO. The Morgan fingerprint density at radius 3 is 2.62 bits per heavy atom. The van der Waals surface area contributed by atoms with Crippen LogP contribution in [0.4, 0.5) is 0 Å². The zero-order valence-electron chi connectivity index (χ0n) is 7.40. The van der Waals surface area contributed by atoms with Gasteiger partial charge in [0, 0.05) is 0 Å². The number of alkyl halides is 1. The van der Waals surface area contributed by atoms with Crippen molar-refractivity contribution >= 4 is 11.6 Å². The van der Waals surface area contributed by atoms with Crippen LogP contribution in [-0.4, -0.2) is 42.0 Å². The maximum Gasteiger partial charge on any atom is 0.0895 e. The molecule has 4 heteroatoms. The van der Waals surface area contributed by atoms with Gasteiger partial charge in [-0.15, -0.1) is 11.6 Å². The van der Waals surface area contributed by atoms with E-state index in [-0.39, 0.29) is 25.9 Å². The van der Waals surface area contributed by atoms with Gasteiger partial charge in [-0.2, -0.15) is 0 Å². The standard InChI is InChI=1S/C9H15ClO3/c10-8-9(13-7-6-12)4-2-1-3-5-11/h1-4,9,11-12H,5-8H2/b3-1+,4-2+/t9-/m0/s1. The quantitative estimate of drug-likeness (QED) is 0.477. The van der Waals surface area contributed by atoms with Crippen LogP contribution >= 0.6 is 11.6 Å². The fourth-order valence-corrected chi connectivity index (χ4v) is 0.875. The predicted octanol–water partition coefficient (Wildman–Crippen LogP) is 0.707. The van der Waals surface area contributed by atoms with E-state index in [9.17, 15) is 0 Å². The lowest BCUT2D eigenvalue weighted by Crippen LogP contribution is -2.14. The molecule has 1 atom stereocenters. The maximum absolute atomic E-state index is 8.48. The molecule has 0 rings (SSSR count). The molecule has 0 bridgehead atoms. The van der Waals surface area contributed by atoms with Crippen molar-refractivity contribution in [3.63, 3.8) is 0 Å². The topological polar surface area (TPSA) is 49.7 Å². The van der Waals surface area contributed by atoms with E-state index in [1.54, 1.807) is 24.3 Å². The van der Waals surface area contributed by atoms with Crippen molar-refractivity contribution in [2.24, 2.45) is 0 Å². The molecule has 3 nitrogen and oxygen atoms in total. The molecule has 0 aromatic carbocycles. The molecule has 0 aliphatic heterocycles. The monoisotopic (exact) mass is 206 g/mol. The minimum atomic E-state index is -0.183. The Hall–Kier alpha value is -0.350. The van der Waals surface area contributed by atoms with Crippen molar-refractivity contribution in [1.29, 1.82) is 0 Å². The second-order valence-electron chi connectivity index (χ2n) is 2.28. The Labute approximate surface area is 83.3 Å². The fraction of sp³-hybridized carbons (Fsp3) is 0.556. The van der Waals surface area contributed by atoms with Crippen molar-refractivity contribution in [3.05, 3.63) is 24.3 Å². The number of ether oxygens (including phenoxy) is 1. The highest BCUT2D eigenvalue weighted by Crippen LogP contribution is 1.97. The summed E-state index contributed by atoms with van der Waals surface area (Å²) in [5, 5.41) is 16.9. The van der Waals surface area contributed by atoms with E-state index in [2.05, 4.69) is 0 Å². The molecule has 0 aliphatic carbocycles. The molecule has 76 valence electrons. The molecule has 0 fully saturated rings. The third-order valence-corrected chi connectivity index (χ3v) is 1.56. The zero-order valence-corrected chi connectivity index (χ0v) is 8.15. The summed E-state index contributed by atoms with van der Waals surface area (Å²) in [6.45, 7) is 0.298. The molecule has 0 saturated carbocycles. The maximum atomic E-state index is 8.48. The first-order valence-electron chi connectivity index (χ1n) is 4.07. The Morgan fingerprint density at radius 2 is 2.08 bits per heavy atom. The lowest BCUT2D eigenvalue weighted by atomic mass is 10.3. The Bertz CT molecular complexity index is 157. The van der Waals surface area contributed by atoms with Gasteiger partial charge in [0.2, 0.25) is 0 Å². The largest absolute Gasteiger partial charge is 0.394 e. The van der Waals surface area contributed by atoms with E-state index in [1.165, 1.54) is 0 Å². The van der Waals surface area contributed by atoms with E-state index in [1.807, 2.05) is 0 Å². The third-order valence-electron chi connectivity index (χ3n) is 1.25. The number of hydrogen-bond donors (Lipinski definition) is 2. The lowest BCUT2D eigenvalue weighted by Gasteiger charge is -2.08. The van der Waals surface area contributed by atoms with Gasteiger partial charge in [0.05, 0.1) is 31.8 Å². The van der Waals surface area contributed by atoms with Gasteiger partial charge in [0.1, 0.15) is 0 Å². The van der Waals surface area contributed by atoms with E-state index in [0.717, 1.165) is 0 Å². The van der Waals surface area contributed by atoms with Gasteiger partial charge in [-0.25, -0.2) is 0 Å². The van der Waals surface area contributed by atoms with Crippen LogP contribution in [0.1, 0.15) is 0 Å². The Kier molecular flexibility index (Phi) is 9.47. The van der Waals surface area contributed by atoms with Gasteiger partial charge in [-0.3, -0.25) is 0 Å². The van der Waals surface area contributed by atoms with E-state index in [4.69, 9.17) is 26.6 Å². The van der Waals surface area contributed by atoms with Gasteiger partial charge in [-0.1, -0.05) is 24.3 Å². The smallest absolute Gasteiger partial charge is 0.0895 e. The summed E-state index contributed by atoms with van der Waals surface area (Å²) in [5.41, 5.74) is 0. The van der Waals surface area contributed by atoms with Crippen molar-refractivity contribution in [2.75, 3.05) is 25.7 Å². The van der Waals surface area contributed by atoms with Crippen LogP contribution in [0, 0.1) is 0 Å². The molecule has 0 radical (unpaired) electrons. The zero-order chi connectivity index (χ0) is 9.94. The summed E-state index contributed by atoms with van der Waals surface area (Å²) in [7, 11) is 0. The number of hydrogen-bond acceptors (Lipinski definition) is 3. The molecular formula is C9H15ClO3. The highest BCUT2D eigenvalue weighted by Gasteiger charge is 2.00. The summed E-state index contributed by atoms with van der Waals surface area (Å²) in [4.78, 5) is 0. The van der Waals surface area contributed by atoms with Crippen LogP contribution in [0.5, 0.6) is 0 Å². The van der Waals surface area contributed by atoms with E-state index >= 15 is 0 Å². The molecule has 0 aliphatic rings. The molecule has 0 unspecified atom stereocenters. The number of rotatable bonds is 7. The van der Waals surface area contributed by atoms with E-state index in [0.29, 0.717) is 5.88 Å². The van der Waals surface area contributed by atoms with Crippen LogP contribution < -0.4 is 0 Å². The Balaban J connectivity index is 3.68. The number of halogens is 1. The molecule has 0 aromatic heterocycles. The lowest BCUT2D eigenvalue weighted by molar-refractivity contribution is 0.0657. The van der Waals surface area contributed by atoms with Crippen LogP contribution in [0.25, 0.3) is 0 Å². The molecule has 0 saturated heterocycles. The average molecular weight is 207 g/mol. The molecular weight excluding hydrogens is 192 g/mol. The summed E-state index contributed by atoms with van der Waals surface area (Å²) >= 11 is 5.58. The van der Waals surface area contributed by atoms with E-state index < -0.39 is 0 Å². The molecule has 13 heavy (non-hydrogen) atoms. The van der Waals surface area contributed by atoms with Crippen LogP contribution in [0.3, 0.4) is 0 Å². The highest BCUT2D eigenvalue weighted by atomic mass is 35.5.